The van der Waals surface area contributed by atoms with E-state index in [0.29, 0.717) is 19.1 Å². The Hall–Kier alpha value is -2.04. The predicted octanol–water partition coefficient (Wildman–Crippen LogP) is 2.81. The number of hydrogen-bond donors (Lipinski definition) is 0. The zero-order valence-corrected chi connectivity index (χ0v) is 12.6. The lowest BCUT2D eigenvalue weighted by atomic mass is 9.92. The Labute approximate surface area is 124 Å². The van der Waals surface area contributed by atoms with Gasteiger partial charge in [-0.3, -0.25) is 4.68 Å². The van der Waals surface area contributed by atoms with Crippen LogP contribution in [-0.4, -0.2) is 28.2 Å². The van der Waals surface area contributed by atoms with E-state index >= 15 is 0 Å². The van der Waals surface area contributed by atoms with Gasteiger partial charge in [-0.1, -0.05) is 18.2 Å². The topological polar surface area (TPSA) is 49.2 Å². The molecule has 1 aromatic carbocycles. The van der Waals surface area contributed by atoms with Crippen LogP contribution < -0.4 is 9.47 Å². The fraction of sp³-hybridized carbons (Fsp3) is 0.500. The SMILES string of the molecule is CCC(Cc1cn(CC)nn1)c1ccc2c(c1)OCCO2. The second-order valence-electron chi connectivity index (χ2n) is 5.28. The van der Waals surface area contributed by atoms with E-state index in [1.807, 2.05) is 16.9 Å². The van der Waals surface area contributed by atoms with Crippen LogP contribution in [0.3, 0.4) is 0 Å². The summed E-state index contributed by atoms with van der Waals surface area (Å²) in [5.74, 6) is 2.12. The van der Waals surface area contributed by atoms with Crippen LogP contribution in [0.2, 0.25) is 0 Å². The van der Waals surface area contributed by atoms with Gasteiger partial charge in [0.25, 0.3) is 0 Å². The molecule has 0 bridgehead atoms. The summed E-state index contributed by atoms with van der Waals surface area (Å²) in [6, 6.07) is 6.24. The summed E-state index contributed by atoms with van der Waals surface area (Å²) in [6.07, 6.45) is 3.98. The third kappa shape index (κ3) is 3.01. The second kappa shape index (κ2) is 6.16. The molecule has 3 rings (SSSR count). The molecule has 5 heteroatoms. The first kappa shape index (κ1) is 13.9. The Kier molecular flexibility index (Phi) is 4.08. The molecule has 0 amide bonds. The molecular weight excluding hydrogens is 266 g/mol. The van der Waals surface area contributed by atoms with Crippen molar-refractivity contribution in [1.82, 2.24) is 15.0 Å². The molecule has 1 atom stereocenters. The summed E-state index contributed by atoms with van der Waals surface area (Å²) < 4.78 is 13.1. The Morgan fingerprint density at radius 1 is 1.19 bits per heavy atom. The normalized spacial score (nSPS) is 15.0. The van der Waals surface area contributed by atoms with Crippen LogP contribution in [0.1, 0.15) is 37.4 Å². The van der Waals surface area contributed by atoms with E-state index in [2.05, 4.69) is 36.3 Å². The summed E-state index contributed by atoms with van der Waals surface area (Å²) in [5, 5.41) is 8.35. The van der Waals surface area contributed by atoms with E-state index in [4.69, 9.17) is 9.47 Å². The van der Waals surface area contributed by atoms with Gasteiger partial charge in [0.2, 0.25) is 0 Å². The van der Waals surface area contributed by atoms with Gasteiger partial charge in [-0.25, -0.2) is 0 Å². The van der Waals surface area contributed by atoms with Crippen molar-refractivity contribution in [3.63, 3.8) is 0 Å². The first-order valence-electron chi connectivity index (χ1n) is 7.58. The summed E-state index contributed by atoms with van der Waals surface area (Å²) in [4.78, 5) is 0. The highest BCUT2D eigenvalue weighted by Crippen LogP contribution is 2.34. The molecule has 1 aliphatic rings. The minimum atomic E-state index is 0.419. The third-order valence-electron chi connectivity index (χ3n) is 3.90. The van der Waals surface area contributed by atoms with Gasteiger partial charge >= 0.3 is 0 Å². The molecular formula is C16H21N3O2. The number of ether oxygens (including phenoxy) is 2. The highest BCUT2D eigenvalue weighted by atomic mass is 16.6. The maximum atomic E-state index is 5.67. The van der Waals surface area contributed by atoms with Crippen LogP contribution >= 0.6 is 0 Å². The number of benzene rings is 1. The lowest BCUT2D eigenvalue weighted by Crippen LogP contribution is -2.15. The van der Waals surface area contributed by atoms with Gasteiger partial charge in [0.1, 0.15) is 13.2 Å². The van der Waals surface area contributed by atoms with Crippen molar-refractivity contribution < 1.29 is 9.47 Å². The van der Waals surface area contributed by atoms with Gasteiger partial charge in [-0.05, 0) is 43.4 Å². The lowest BCUT2D eigenvalue weighted by molar-refractivity contribution is 0.171. The molecule has 0 saturated heterocycles. The Balaban J connectivity index is 1.79. The smallest absolute Gasteiger partial charge is 0.161 e. The minimum absolute atomic E-state index is 0.419. The molecule has 0 saturated carbocycles. The molecule has 1 aromatic heterocycles. The van der Waals surface area contributed by atoms with Gasteiger partial charge in [0, 0.05) is 12.7 Å². The molecule has 112 valence electrons. The number of fused-ring (bicyclic) bond motifs is 1. The van der Waals surface area contributed by atoms with Gasteiger partial charge in [0.05, 0.1) is 5.69 Å². The zero-order chi connectivity index (χ0) is 14.7. The maximum absolute atomic E-state index is 5.67. The second-order valence-corrected chi connectivity index (χ2v) is 5.28. The maximum Gasteiger partial charge on any atom is 0.161 e. The van der Waals surface area contributed by atoms with E-state index in [1.54, 1.807) is 0 Å². The highest BCUT2D eigenvalue weighted by molar-refractivity contribution is 5.45. The molecule has 5 nitrogen and oxygen atoms in total. The van der Waals surface area contributed by atoms with E-state index < -0.39 is 0 Å². The van der Waals surface area contributed by atoms with Crippen molar-refractivity contribution in [3.05, 3.63) is 35.7 Å². The quantitative estimate of drug-likeness (QED) is 0.848. The van der Waals surface area contributed by atoms with Crippen molar-refractivity contribution in [2.24, 2.45) is 0 Å². The predicted molar refractivity (Wildman–Crippen MR) is 79.9 cm³/mol. The molecule has 0 radical (unpaired) electrons. The van der Waals surface area contributed by atoms with Crippen molar-refractivity contribution in [1.29, 1.82) is 0 Å². The number of aryl methyl sites for hydroxylation is 1. The Morgan fingerprint density at radius 2 is 2.00 bits per heavy atom. The Bertz CT molecular complexity index is 609. The van der Waals surface area contributed by atoms with Crippen molar-refractivity contribution in [2.45, 2.75) is 39.2 Å². The monoisotopic (exact) mass is 287 g/mol. The van der Waals surface area contributed by atoms with E-state index in [-0.39, 0.29) is 0 Å². The molecule has 0 fully saturated rings. The van der Waals surface area contributed by atoms with E-state index in [0.717, 1.165) is 36.6 Å². The number of nitrogens with zero attached hydrogens (tertiary/aromatic N) is 3. The highest BCUT2D eigenvalue weighted by Gasteiger charge is 2.17. The van der Waals surface area contributed by atoms with Gasteiger partial charge in [0.15, 0.2) is 11.5 Å². The van der Waals surface area contributed by atoms with Crippen LogP contribution in [0.4, 0.5) is 0 Å². The van der Waals surface area contributed by atoms with Crippen molar-refractivity contribution >= 4 is 0 Å². The molecule has 2 aromatic rings. The van der Waals surface area contributed by atoms with Crippen LogP contribution in [0.5, 0.6) is 11.5 Å². The molecule has 1 unspecified atom stereocenters. The van der Waals surface area contributed by atoms with Crippen LogP contribution in [-0.2, 0) is 13.0 Å². The number of hydrogen-bond acceptors (Lipinski definition) is 4. The average Bonchev–Trinajstić information content (AvgIpc) is 3.00. The lowest BCUT2D eigenvalue weighted by Gasteiger charge is -2.21. The first-order valence-corrected chi connectivity index (χ1v) is 7.58. The number of rotatable bonds is 5. The minimum Gasteiger partial charge on any atom is -0.486 e. The van der Waals surface area contributed by atoms with Gasteiger partial charge in [-0.15, -0.1) is 5.10 Å². The molecule has 2 heterocycles. The largest absolute Gasteiger partial charge is 0.486 e. The standard InChI is InChI=1S/C16H21N3O2/c1-3-12(9-14-11-19(4-2)18-17-14)13-5-6-15-16(10-13)21-8-7-20-15/h5-6,10-12H,3-4,7-9H2,1-2H3. The molecule has 0 aliphatic carbocycles. The van der Waals surface area contributed by atoms with E-state index in [1.165, 1.54) is 5.56 Å². The first-order chi connectivity index (χ1) is 10.3. The third-order valence-corrected chi connectivity index (χ3v) is 3.90. The van der Waals surface area contributed by atoms with Crippen LogP contribution in [0, 0.1) is 0 Å². The summed E-state index contributed by atoms with van der Waals surface area (Å²) in [7, 11) is 0. The van der Waals surface area contributed by atoms with Crippen LogP contribution in [0.25, 0.3) is 0 Å². The summed E-state index contributed by atoms with van der Waals surface area (Å²) >= 11 is 0. The molecule has 0 N–H and O–H groups in total. The van der Waals surface area contributed by atoms with Gasteiger partial charge in [-0.2, -0.15) is 0 Å². The van der Waals surface area contributed by atoms with Crippen LogP contribution in [0.15, 0.2) is 24.4 Å². The number of aromatic nitrogens is 3. The van der Waals surface area contributed by atoms with Crippen molar-refractivity contribution in [3.8, 4) is 11.5 Å². The molecule has 21 heavy (non-hydrogen) atoms. The molecule has 0 spiro atoms. The summed E-state index contributed by atoms with van der Waals surface area (Å²) in [6.45, 7) is 6.37. The average molecular weight is 287 g/mol. The summed E-state index contributed by atoms with van der Waals surface area (Å²) in [5.41, 5.74) is 2.31. The van der Waals surface area contributed by atoms with Crippen molar-refractivity contribution in [2.75, 3.05) is 13.2 Å². The fourth-order valence-electron chi connectivity index (χ4n) is 2.65. The zero-order valence-electron chi connectivity index (χ0n) is 12.6. The fourth-order valence-corrected chi connectivity index (χ4v) is 2.65. The molecule has 1 aliphatic heterocycles. The van der Waals surface area contributed by atoms with Gasteiger partial charge < -0.3 is 9.47 Å². The Morgan fingerprint density at radius 3 is 2.71 bits per heavy atom. The van der Waals surface area contributed by atoms with E-state index in [9.17, 15) is 0 Å².